The van der Waals surface area contributed by atoms with Gasteiger partial charge in [0.1, 0.15) is 5.75 Å². The number of non-ortho nitro benzene ring substituents is 1. The molecule has 2 rings (SSSR count). The Bertz CT molecular complexity index is 698. The molecule has 0 aliphatic rings. The van der Waals surface area contributed by atoms with Gasteiger partial charge in [-0.25, -0.2) is 0 Å². The lowest BCUT2D eigenvalue weighted by Crippen LogP contribution is -2.13. The Morgan fingerprint density at radius 1 is 1.29 bits per heavy atom. The van der Waals surface area contributed by atoms with Gasteiger partial charge in [-0.2, -0.15) is 15.0 Å². The molecule has 0 aliphatic carbocycles. The number of aromatic nitrogens is 3. The van der Waals surface area contributed by atoms with Crippen LogP contribution in [0.1, 0.15) is 0 Å². The minimum absolute atomic E-state index is 0.0341. The summed E-state index contributed by atoms with van der Waals surface area (Å²) in [6, 6.07) is 4.13. The maximum absolute atomic E-state index is 10.8. The van der Waals surface area contributed by atoms with Gasteiger partial charge in [0.2, 0.25) is 11.2 Å². The summed E-state index contributed by atoms with van der Waals surface area (Å²) in [6.07, 6.45) is 0. The molecule has 21 heavy (non-hydrogen) atoms. The molecule has 1 aromatic heterocycles. The predicted molar refractivity (Wildman–Crippen MR) is 80.0 cm³/mol. The van der Waals surface area contributed by atoms with Crippen molar-refractivity contribution in [2.45, 2.75) is 0 Å². The summed E-state index contributed by atoms with van der Waals surface area (Å²) in [6.45, 7) is 0. The predicted octanol–water partition coefficient (Wildman–Crippen LogP) is 3.05. The summed E-state index contributed by atoms with van der Waals surface area (Å²) in [5.41, 5.74) is -0.118. The van der Waals surface area contributed by atoms with E-state index in [1.165, 1.54) is 12.1 Å². The molecule has 0 saturated heterocycles. The van der Waals surface area contributed by atoms with Gasteiger partial charge in [0.25, 0.3) is 5.69 Å². The summed E-state index contributed by atoms with van der Waals surface area (Å²) in [5.74, 6) is 0.526. The standard InChI is InChI=1S/C11H9BrClN5O3/c1-17(2)10-14-9(13)15-11(16-10)21-8-4-6(12)3-7(5-8)18(19)20/h3-5H,1-2H3. The third-order valence-electron chi connectivity index (χ3n) is 2.25. The molecule has 0 amide bonds. The number of hydrogen-bond donors (Lipinski definition) is 0. The van der Waals surface area contributed by atoms with Crippen molar-refractivity contribution in [1.29, 1.82) is 0 Å². The molecular weight excluding hydrogens is 366 g/mol. The second-order valence-electron chi connectivity index (χ2n) is 4.09. The average Bonchev–Trinajstić information content (AvgIpc) is 2.37. The largest absolute Gasteiger partial charge is 0.424 e. The van der Waals surface area contributed by atoms with Gasteiger partial charge >= 0.3 is 6.01 Å². The van der Waals surface area contributed by atoms with E-state index in [-0.39, 0.29) is 22.7 Å². The fourth-order valence-corrected chi connectivity index (χ4v) is 1.99. The first-order valence-corrected chi connectivity index (χ1v) is 6.74. The molecule has 2 aromatic rings. The molecule has 0 N–H and O–H groups in total. The van der Waals surface area contributed by atoms with E-state index in [2.05, 4.69) is 30.9 Å². The maximum atomic E-state index is 10.8. The molecule has 110 valence electrons. The molecule has 0 unspecified atom stereocenters. The number of nitro groups is 1. The van der Waals surface area contributed by atoms with Gasteiger partial charge in [0.05, 0.1) is 11.0 Å². The first-order chi connectivity index (χ1) is 9.85. The lowest BCUT2D eigenvalue weighted by Gasteiger charge is -2.11. The minimum atomic E-state index is -0.525. The first-order valence-electron chi connectivity index (χ1n) is 5.57. The Labute approximate surface area is 133 Å². The number of benzene rings is 1. The van der Waals surface area contributed by atoms with Crippen molar-refractivity contribution in [3.8, 4) is 11.8 Å². The van der Waals surface area contributed by atoms with Crippen LogP contribution in [0, 0.1) is 10.1 Å². The minimum Gasteiger partial charge on any atom is -0.424 e. The fourth-order valence-electron chi connectivity index (χ4n) is 1.39. The SMILES string of the molecule is CN(C)c1nc(Cl)nc(Oc2cc(Br)cc([N+](=O)[O-])c2)n1. The van der Waals surface area contributed by atoms with Crippen LogP contribution in [0.2, 0.25) is 5.28 Å². The number of halogens is 2. The van der Waals surface area contributed by atoms with Gasteiger partial charge in [-0.1, -0.05) is 15.9 Å². The number of nitro benzene ring substituents is 1. The van der Waals surface area contributed by atoms with Gasteiger partial charge in [0.15, 0.2) is 0 Å². The molecule has 0 bridgehead atoms. The molecule has 10 heteroatoms. The second-order valence-corrected chi connectivity index (χ2v) is 5.34. The van der Waals surface area contributed by atoms with Crippen LogP contribution >= 0.6 is 27.5 Å². The number of nitrogens with zero attached hydrogens (tertiary/aromatic N) is 5. The van der Waals surface area contributed by atoms with Crippen LogP contribution in [-0.4, -0.2) is 34.0 Å². The highest BCUT2D eigenvalue weighted by atomic mass is 79.9. The highest BCUT2D eigenvalue weighted by molar-refractivity contribution is 9.10. The molecule has 1 aromatic carbocycles. The van der Waals surface area contributed by atoms with E-state index in [1.54, 1.807) is 25.1 Å². The van der Waals surface area contributed by atoms with Crippen LogP contribution in [0.4, 0.5) is 11.6 Å². The van der Waals surface area contributed by atoms with Crippen molar-refractivity contribution < 1.29 is 9.66 Å². The van der Waals surface area contributed by atoms with Crippen LogP contribution in [0.3, 0.4) is 0 Å². The third-order valence-corrected chi connectivity index (χ3v) is 2.88. The van der Waals surface area contributed by atoms with Gasteiger partial charge in [-0.3, -0.25) is 10.1 Å². The lowest BCUT2D eigenvalue weighted by atomic mass is 10.3. The molecule has 8 nitrogen and oxygen atoms in total. The van der Waals surface area contributed by atoms with Gasteiger partial charge in [-0.15, -0.1) is 0 Å². The molecule has 0 atom stereocenters. The van der Waals surface area contributed by atoms with Crippen molar-refractivity contribution in [2.24, 2.45) is 0 Å². The number of rotatable bonds is 4. The zero-order valence-electron chi connectivity index (χ0n) is 10.9. The van der Waals surface area contributed by atoms with Crippen LogP contribution in [0.25, 0.3) is 0 Å². The Balaban J connectivity index is 2.36. The fraction of sp³-hybridized carbons (Fsp3) is 0.182. The first kappa shape index (κ1) is 15.4. The summed E-state index contributed by atoms with van der Waals surface area (Å²) in [5, 5.41) is 10.8. The lowest BCUT2D eigenvalue weighted by molar-refractivity contribution is -0.385. The second kappa shape index (κ2) is 6.19. The Morgan fingerprint density at radius 3 is 2.62 bits per heavy atom. The van der Waals surface area contributed by atoms with E-state index in [9.17, 15) is 10.1 Å². The number of anilines is 1. The van der Waals surface area contributed by atoms with Crippen molar-refractivity contribution in [3.63, 3.8) is 0 Å². The zero-order chi connectivity index (χ0) is 15.6. The highest BCUT2D eigenvalue weighted by Gasteiger charge is 2.13. The molecular formula is C11H9BrClN5O3. The number of hydrogen-bond acceptors (Lipinski definition) is 7. The molecule has 0 radical (unpaired) electrons. The van der Waals surface area contributed by atoms with E-state index in [1.807, 2.05) is 0 Å². The van der Waals surface area contributed by atoms with Gasteiger partial charge in [-0.05, 0) is 17.7 Å². The summed E-state index contributed by atoms with van der Waals surface area (Å²) in [4.78, 5) is 23.7. The van der Waals surface area contributed by atoms with Crippen molar-refractivity contribution in [1.82, 2.24) is 15.0 Å². The van der Waals surface area contributed by atoms with E-state index < -0.39 is 4.92 Å². The molecule has 1 heterocycles. The van der Waals surface area contributed by atoms with Crippen molar-refractivity contribution in [3.05, 3.63) is 38.1 Å². The maximum Gasteiger partial charge on any atom is 0.328 e. The Morgan fingerprint density at radius 2 is 2.00 bits per heavy atom. The Hall–Kier alpha value is -2.00. The van der Waals surface area contributed by atoms with Crippen LogP contribution < -0.4 is 9.64 Å². The normalized spacial score (nSPS) is 10.3. The molecule has 0 aliphatic heterocycles. The molecule has 0 fully saturated rings. The summed E-state index contributed by atoms with van der Waals surface area (Å²) in [7, 11) is 3.47. The van der Waals surface area contributed by atoms with Crippen molar-refractivity contribution >= 4 is 39.2 Å². The van der Waals surface area contributed by atoms with Gasteiger partial charge < -0.3 is 9.64 Å². The molecule has 0 spiro atoms. The van der Waals surface area contributed by atoms with E-state index in [0.717, 1.165) is 0 Å². The Kier molecular flexibility index (Phi) is 4.53. The third kappa shape index (κ3) is 3.99. The smallest absolute Gasteiger partial charge is 0.328 e. The van der Waals surface area contributed by atoms with Crippen LogP contribution in [-0.2, 0) is 0 Å². The topological polar surface area (TPSA) is 94.3 Å². The van der Waals surface area contributed by atoms with Gasteiger partial charge in [0, 0.05) is 24.6 Å². The van der Waals surface area contributed by atoms with Crippen LogP contribution in [0.5, 0.6) is 11.8 Å². The summed E-state index contributed by atoms with van der Waals surface area (Å²) < 4.78 is 5.91. The monoisotopic (exact) mass is 373 g/mol. The average molecular weight is 375 g/mol. The van der Waals surface area contributed by atoms with E-state index in [0.29, 0.717) is 10.4 Å². The quantitative estimate of drug-likeness (QED) is 0.599. The zero-order valence-corrected chi connectivity index (χ0v) is 13.3. The summed E-state index contributed by atoms with van der Waals surface area (Å²) >= 11 is 8.96. The highest BCUT2D eigenvalue weighted by Crippen LogP contribution is 2.29. The van der Waals surface area contributed by atoms with Crippen LogP contribution in [0.15, 0.2) is 22.7 Å². The molecule has 0 saturated carbocycles. The van der Waals surface area contributed by atoms with E-state index in [4.69, 9.17) is 16.3 Å². The number of ether oxygens (including phenoxy) is 1. The van der Waals surface area contributed by atoms with Crippen molar-refractivity contribution in [2.75, 3.05) is 19.0 Å². The van der Waals surface area contributed by atoms with E-state index >= 15 is 0 Å².